The molecule has 8 nitrogen and oxygen atoms in total. The molecule has 1 amide bonds. The van der Waals surface area contributed by atoms with Crippen molar-refractivity contribution in [3.63, 3.8) is 0 Å². The Balaban J connectivity index is 2.86. The zero-order valence-corrected chi connectivity index (χ0v) is 14.5. The predicted octanol–water partition coefficient (Wildman–Crippen LogP) is 1.20. The van der Waals surface area contributed by atoms with E-state index in [0.717, 1.165) is 0 Å². The molecule has 0 aromatic carbocycles. The molecule has 0 fully saturated rings. The van der Waals surface area contributed by atoms with Gasteiger partial charge in [-0.2, -0.15) is 0 Å². The molecule has 0 spiro atoms. The van der Waals surface area contributed by atoms with Crippen LogP contribution in [0, 0.1) is 5.41 Å². The molecule has 0 bridgehead atoms. The van der Waals surface area contributed by atoms with E-state index >= 15 is 0 Å². The summed E-state index contributed by atoms with van der Waals surface area (Å²) in [6.07, 6.45) is 0.835. The van der Waals surface area contributed by atoms with E-state index in [0.29, 0.717) is 11.9 Å². The number of nitrogens with zero attached hydrogens (tertiary/aromatic N) is 1. The quantitative estimate of drug-likeness (QED) is 0.484. The fraction of sp³-hybridized carbons (Fsp3) is 0.471. The minimum absolute atomic E-state index is 0.0319. The molecule has 1 rings (SSSR count). The largest absolute Gasteiger partial charge is 0.461 e. The predicted molar refractivity (Wildman–Crippen MR) is 90.2 cm³/mol. The zero-order valence-electron chi connectivity index (χ0n) is 14.5. The van der Waals surface area contributed by atoms with Crippen molar-refractivity contribution in [2.75, 3.05) is 7.11 Å². The third kappa shape index (κ3) is 6.80. The van der Waals surface area contributed by atoms with Crippen LogP contribution in [-0.4, -0.2) is 48.1 Å². The monoisotopic (exact) mass is 349 g/mol. The lowest BCUT2D eigenvalue weighted by molar-refractivity contribution is -0.152. The Morgan fingerprint density at radius 3 is 2.56 bits per heavy atom. The summed E-state index contributed by atoms with van der Waals surface area (Å²) in [6.45, 7) is 3.37. The number of aromatic nitrogens is 1. The van der Waals surface area contributed by atoms with Crippen molar-refractivity contribution < 1.29 is 23.9 Å². The van der Waals surface area contributed by atoms with Gasteiger partial charge < -0.3 is 20.2 Å². The summed E-state index contributed by atoms with van der Waals surface area (Å²) < 4.78 is 10.3. The third-order valence-electron chi connectivity index (χ3n) is 3.22. The lowest BCUT2D eigenvalue weighted by atomic mass is 10.1. The van der Waals surface area contributed by atoms with Crippen molar-refractivity contribution in [2.45, 2.75) is 44.9 Å². The number of carbonyl (C=O) groups excluding carboxylic acids is 3. The number of carbonyl (C=O) groups is 3. The Bertz CT molecular complexity index is 604. The van der Waals surface area contributed by atoms with Crippen molar-refractivity contribution in [1.29, 1.82) is 5.41 Å². The Morgan fingerprint density at radius 1 is 1.32 bits per heavy atom. The molecule has 136 valence electrons. The minimum Gasteiger partial charge on any atom is -0.461 e. The van der Waals surface area contributed by atoms with E-state index in [4.69, 9.17) is 14.9 Å². The summed E-state index contributed by atoms with van der Waals surface area (Å²) in [5.74, 6) is -1.64. The van der Waals surface area contributed by atoms with Gasteiger partial charge in [0.15, 0.2) is 11.9 Å². The minimum atomic E-state index is -1.01. The normalized spacial score (nSPS) is 13.0. The molecule has 0 saturated carbocycles. The molecule has 2 N–H and O–H groups in total. The van der Waals surface area contributed by atoms with Crippen LogP contribution in [0.2, 0.25) is 0 Å². The SMILES string of the molecule is CO[C@@H](C(=O)N[C@@H](CCC(=O)C=N)C(=O)OC(C)C)c1ccccn1. The van der Waals surface area contributed by atoms with Gasteiger partial charge in [-0.15, -0.1) is 0 Å². The number of pyridine rings is 1. The van der Waals surface area contributed by atoms with Gasteiger partial charge in [0.25, 0.3) is 5.91 Å². The number of esters is 1. The standard InChI is InChI=1S/C17H23N3O5/c1-11(2)25-17(23)14(8-7-12(21)10-18)20-16(22)15(24-3)13-6-4-5-9-19-13/h4-6,9-11,14-15,18H,7-8H2,1-3H3,(H,20,22)/t14-,15+/m0/s1. The number of nitrogens with one attached hydrogen (secondary N) is 2. The first kappa shape index (κ1) is 20.4. The van der Waals surface area contributed by atoms with E-state index in [1.54, 1.807) is 32.0 Å². The van der Waals surface area contributed by atoms with Crippen molar-refractivity contribution in [1.82, 2.24) is 10.3 Å². The highest BCUT2D eigenvalue weighted by Crippen LogP contribution is 2.15. The van der Waals surface area contributed by atoms with E-state index in [9.17, 15) is 14.4 Å². The number of rotatable bonds is 10. The fourth-order valence-corrected chi connectivity index (χ4v) is 2.06. The number of ether oxygens (including phenoxy) is 2. The first-order valence-corrected chi connectivity index (χ1v) is 7.87. The molecule has 1 aromatic heterocycles. The van der Waals surface area contributed by atoms with Crippen LogP contribution in [0.3, 0.4) is 0 Å². The summed E-state index contributed by atoms with van der Waals surface area (Å²) >= 11 is 0. The summed E-state index contributed by atoms with van der Waals surface area (Å²) in [7, 11) is 1.36. The second kappa shape index (κ2) is 10.3. The molecular weight excluding hydrogens is 326 g/mol. The Labute approximate surface area is 146 Å². The van der Waals surface area contributed by atoms with Gasteiger partial charge in [0.05, 0.1) is 18.0 Å². The van der Waals surface area contributed by atoms with Crippen molar-refractivity contribution in [3.05, 3.63) is 30.1 Å². The highest BCUT2D eigenvalue weighted by atomic mass is 16.5. The van der Waals surface area contributed by atoms with Crippen LogP contribution >= 0.6 is 0 Å². The molecule has 2 atom stereocenters. The first-order valence-electron chi connectivity index (χ1n) is 7.87. The van der Waals surface area contributed by atoms with E-state index < -0.39 is 29.8 Å². The maximum Gasteiger partial charge on any atom is 0.328 e. The van der Waals surface area contributed by atoms with Crippen molar-refractivity contribution >= 4 is 23.9 Å². The van der Waals surface area contributed by atoms with Crippen LogP contribution in [0.15, 0.2) is 24.4 Å². The molecule has 0 saturated heterocycles. The van der Waals surface area contributed by atoms with Gasteiger partial charge in [-0.1, -0.05) is 6.07 Å². The molecule has 1 heterocycles. The molecular formula is C17H23N3O5. The van der Waals surface area contributed by atoms with Crippen molar-refractivity contribution in [2.24, 2.45) is 0 Å². The molecule has 0 unspecified atom stereocenters. The highest BCUT2D eigenvalue weighted by Gasteiger charge is 2.28. The van der Waals surface area contributed by atoms with Crippen LogP contribution in [0.25, 0.3) is 0 Å². The summed E-state index contributed by atoms with van der Waals surface area (Å²) in [4.78, 5) is 40.0. The molecule has 0 aliphatic carbocycles. The van der Waals surface area contributed by atoms with Gasteiger partial charge in [0.1, 0.15) is 6.04 Å². The number of amides is 1. The summed E-state index contributed by atoms with van der Waals surface area (Å²) in [5.41, 5.74) is 0.397. The van der Waals surface area contributed by atoms with Crippen LogP contribution in [0.4, 0.5) is 0 Å². The number of hydrogen-bond acceptors (Lipinski definition) is 7. The summed E-state index contributed by atoms with van der Waals surface area (Å²) in [6, 6.07) is 4.04. The third-order valence-corrected chi connectivity index (χ3v) is 3.22. The summed E-state index contributed by atoms with van der Waals surface area (Å²) in [5, 5.41) is 9.46. The van der Waals surface area contributed by atoms with E-state index in [1.807, 2.05) is 0 Å². The van der Waals surface area contributed by atoms with E-state index in [-0.39, 0.29) is 18.9 Å². The maximum absolute atomic E-state index is 12.5. The molecule has 0 aliphatic heterocycles. The van der Waals surface area contributed by atoms with Crippen LogP contribution < -0.4 is 5.32 Å². The lowest BCUT2D eigenvalue weighted by Gasteiger charge is -2.21. The van der Waals surface area contributed by atoms with Gasteiger partial charge in [0.2, 0.25) is 0 Å². The lowest BCUT2D eigenvalue weighted by Crippen LogP contribution is -2.45. The maximum atomic E-state index is 12.5. The van der Waals surface area contributed by atoms with Gasteiger partial charge >= 0.3 is 5.97 Å². The van der Waals surface area contributed by atoms with Gasteiger partial charge in [-0.3, -0.25) is 14.6 Å². The van der Waals surface area contributed by atoms with Crippen LogP contribution in [0.1, 0.15) is 38.5 Å². The highest BCUT2D eigenvalue weighted by molar-refractivity contribution is 6.26. The second-order valence-electron chi connectivity index (χ2n) is 5.57. The topological polar surface area (TPSA) is 118 Å². The Hall–Kier alpha value is -2.61. The molecule has 1 aromatic rings. The molecule has 0 radical (unpaired) electrons. The molecule has 25 heavy (non-hydrogen) atoms. The first-order chi connectivity index (χ1) is 11.9. The Kier molecular flexibility index (Phi) is 8.42. The molecule has 8 heteroatoms. The number of methoxy groups -OCH3 is 1. The van der Waals surface area contributed by atoms with Crippen molar-refractivity contribution in [3.8, 4) is 0 Å². The van der Waals surface area contributed by atoms with E-state index in [2.05, 4.69) is 10.3 Å². The Morgan fingerprint density at radius 2 is 2.04 bits per heavy atom. The van der Waals surface area contributed by atoms with Gasteiger partial charge in [-0.05, 0) is 32.4 Å². The van der Waals surface area contributed by atoms with Crippen LogP contribution in [0.5, 0.6) is 0 Å². The fourth-order valence-electron chi connectivity index (χ4n) is 2.06. The van der Waals surface area contributed by atoms with Crippen LogP contribution in [-0.2, 0) is 23.9 Å². The van der Waals surface area contributed by atoms with Gasteiger partial charge in [-0.25, -0.2) is 4.79 Å². The van der Waals surface area contributed by atoms with Gasteiger partial charge in [0, 0.05) is 19.7 Å². The second-order valence-corrected chi connectivity index (χ2v) is 5.57. The average Bonchev–Trinajstić information content (AvgIpc) is 2.59. The zero-order chi connectivity index (χ0) is 18.8. The number of Topliss-reactive ketones (excluding diaryl/α,β-unsaturated/α-hetero) is 1. The number of ketones is 1. The number of hydrogen-bond donors (Lipinski definition) is 2. The average molecular weight is 349 g/mol. The smallest absolute Gasteiger partial charge is 0.328 e. The molecule has 0 aliphatic rings. The van der Waals surface area contributed by atoms with E-state index in [1.165, 1.54) is 13.3 Å².